The van der Waals surface area contributed by atoms with Crippen molar-refractivity contribution >= 4 is 17.4 Å². The number of aliphatic hydroxyl groups is 1. The van der Waals surface area contributed by atoms with Crippen LogP contribution in [0.25, 0.3) is 5.76 Å². The number of Topliss-reactive ketones (excluding diaryl/α,β-unsaturated/α-hetero) is 1. The van der Waals surface area contributed by atoms with E-state index in [4.69, 9.17) is 9.47 Å². The highest BCUT2D eigenvalue weighted by Crippen LogP contribution is 2.40. The molecule has 0 aliphatic carbocycles. The van der Waals surface area contributed by atoms with Gasteiger partial charge in [0.05, 0.1) is 24.8 Å². The van der Waals surface area contributed by atoms with Crippen molar-refractivity contribution in [1.29, 1.82) is 0 Å². The largest absolute Gasteiger partial charge is 0.508 e. The fraction of sp³-hybridized carbons (Fsp3) is 0.304. The zero-order valence-corrected chi connectivity index (χ0v) is 16.6. The molecule has 2 aromatic rings. The Bertz CT molecular complexity index is 991. The molecule has 0 aromatic heterocycles. The number of methoxy groups -OCH3 is 1. The summed E-state index contributed by atoms with van der Waals surface area (Å²) >= 11 is 0. The van der Waals surface area contributed by atoms with Gasteiger partial charge >= 0.3 is 0 Å². The highest BCUT2D eigenvalue weighted by Gasteiger charge is 2.47. The summed E-state index contributed by atoms with van der Waals surface area (Å²) in [5, 5.41) is 21.0. The molecule has 0 bridgehead atoms. The molecule has 2 N–H and O–H groups in total. The molecule has 7 nitrogen and oxygen atoms in total. The summed E-state index contributed by atoms with van der Waals surface area (Å²) in [6, 6.07) is 12.1. The molecular formula is C23H23NO6. The van der Waals surface area contributed by atoms with Gasteiger partial charge in [0.25, 0.3) is 11.7 Å². The molecule has 0 unspecified atom stereocenters. The lowest BCUT2D eigenvalue weighted by molar-refractivity contribution is -0.140. The number of amides is 1. The molecule has 2 aliphatic rings. The Labute approximate surface area is 174 Å². The number of ether oxygens (including phenoxy) is 2. The van der Waals surface area contributed by atoms with E-state index in [0.717, 1.165) is 12.8 Å². The second-order valence-corrected chi connectivity index (χ2v) is 7.41. The van der Waals surface area contributed by atoms with Gasteiger partial charge < -0.3 is 24.6 Å². The lowest BCUT2D eigenvalue weighted by Gasteiger charge is -2.27. The highest BCUT2D eigenvalue weighted by atomic mass is 16.5. The Morgan fingerprint density at radius 3 is 2.60 bits per heavy atom. The Kier molecular flexibility index (Phi) is 5.46. The average Bonchev–Trinajstić information content (AvgIpc) is 3.36. The van der Waals surface area contributed by atoms with E-state index in [2.05, 4.69) is 0 Å². The van der Waals surface area contributed by atoms with E-state index in [1.807, 2.05) is 0 Å². The van der Waals surface area contributed by atoms with Crippen LogP contribution in [0.2, 0.25) is 0 Å². The first-order valence-electron chi connectivity index (χ1n) is 9.83. The SMILES string of the molecule is COc1ccc(/C(O)=C2\C(=O)C(=O)N(C[C@@H]3CCCO3)[C@H]2c2cccc(O)c2)cc1. The molecule has 0 saturated carbocycles. The van der Waals surface area contributed by atoms with Crippen molar-refractivity contribution in [2.24, 2.45) is 0 Å². The van der Waals surface area contributed by atoms with E-state index >= 15 is 0 Å². The molecule has 156 valence electrons. The minimum atomic E-state index is -0.816. The summed E-state index contributed by atoms with van der Waals surface area (Å²) in [5.41, 5.74) is 0.937. The fourth-order valence-corrected chi connectivity index (χ4v) is 4.02. The van der Waals surface area contributed by atoms with Crippen LogP contribution in [0.5, 0.6) is 11.5 Å². The molecule has 2 aromatic carbocycles. The summed E-state index contributed by atoms with van der Waals surface area (Å²) in [4.78, 5) is 27.3. The van der Waals surface area contributed by atoms with E-state index in [9.17, 15) is 19.8 Å². The molecule has 0 radical (unpaired) electrons. The third-order valence-corrected chi connectivity index (χ3v) is 5.51. The van der Waals surface area contributed by atoms with Crippen LogP contribution >= 0.6 is 0 Å². The molecule has 0 spiro atoms. The van der Waals surface area contributed by atoms with Gasteiger partial charge in [0.2, 0.25) is 0 Å². The number of hydrogen-bond acceptors (Lipinski definition) is 6. The third kappa shape index (κ3) is 3.64. The first-order chi connectivity index (χ1) is 14.5. The Morgan fingerprint density at radius 2 is 1.97 bits per heavy atom. The van der Waals surface area contributed by atoms with E-state index in [0.29, 0.717) is 23.5 Å². The molecule has 2 fully saturated rings. The van der Waals surface area contributed by atoms with Crippen LogP contribution in [-0.4, -0.2) is 53.2 Å². The lowest BCUT2D eigenvalue weighted by Crippen LogP contribution is -2.36. The molecule has 7 heteroatoms. The lowest BCUT2D eigenvalue weighted by atomic mass is 9.95. The first-order valence-corrected chi connectivity index (χ1v) is 9.83. The number of ketones is 1. The van der Waals surface area contributed by atoms with E-state index in [1.165, 1.54) is 24.1 Å². The quantitative estimate of drug-likeness (QED) is 0.448. The number of aromatic hydroxyl groups is 1. The maximum absolute atomic E-state index is 13.0. The minimum Gasteiger partial charge on any atom is -0.508 e. The standard InChI is InChI=1S/C23H23NO6/c1-29-17-9-7-14(8-10-17)21(26)19-20(15-4-2-5-16(25)12-15)24(23(28)22(19)27)13-18-6-3-11-30-18/h2,4-5,7-10,12,18,20,25-26H,3,6,11,13H2,1H3/b21-19+/t18-,20-/m0/s1. The maximum atomic E-state index is 13.0. The predicted molar refractivity (Wildman–Crippen MR) is 109 cm³/mol. The normalized spacial score (nSPS) is 23.2. The predicted octanol–water partition coefficient (Wildman–Crippen LogP) is 3.00. The van der Waals surface area contributed by atoms with Crippen LogP contribution in [0.4, 0.5) is 0 Å². The van der Waals surface area contributed by atoms with Crippen molar-refractivity contribution < 1.29 is 29.3 Å². The van der Waals surface area contributed by atoms with Crippen molar-refractivity contribution in [1.82, 2.24) is 4.90 Å². The van der Waals surface area contributed by atoms with Crippen LogP contribution < -0.4 is 4.74 Å². The van der Waals surface area contributed by atoms with Crippen molar-refractivity contribution in [3.05, 3.63) is 65.2 Å². The molecule has 2 aliphatic heterocycles. The van der Waals surface area contributed by atoms with Gasteiger partial charge in [-0.1, -0.05) is 12.1 Å². The summed E-state index contributed by atoms with van der Waals surface area (Å²) in [7, 11) is 1.54. The van der Waals surface area contributed by atoms with Gasteiger partial charge in [-0.2, -0.15) is 0 Å². The second kappa shape index (κ2) is 8.20. The second-order valence-electron chi connectivity index (χ2n) is 7.41. The number of carbonyl (C=O) groups excluding carboxylic acids is 2. The smallest absolute Gasteiger partial charge is 0.295 e. The molecule has 30 heavy (non-hydrogen) atoms. The first kappa shape index (κ1) is 20.0. The average molecular weight is 409 g/mol. The zero-order chi connectivity index (χ0) is 21.3. The summed E-state index contributed by atoms with van der Waals surface area (Å²) < 4.78 is 10.8. The van der Waals surface area contributed by atoms with Crippen molar-refractivity contribution in [2.45, 2.75) is 25.0 Å². The molecule has 2 atom stereocenters. The molecular weight excluding hydrogens is 386 g/mol. The molecule has 1 amide bonds. The van der Waals surface area contributed by atoms with Gasteiger partial charge in [0.15, 0.2) is 0 Å². The van der Waals surface area contributed by atoms with E-state index in [-0.39, 0.29) is 29.7 Å². The van der Waals surface area contributed by atoms with E-state index < -0.39 is 17.7 Å². The van der Waals surface area contributed by atoms with Crippen molar-refractivity contribution in [2.75, 3.05) is 20.3 Å². The van der Waals surface area contributed by atoms with Gasteiger partial charge in [0, 0.05) is 18.7 Å². The summed E-state index contributed by atoms with van der Waals surface area (Å²) in [5.74, 6) is -1.09. The van der Waals surface area contributed by atoms with Crippen LogP contribution in [0.15, 0.2) is 54.1 Å². The Hall–Kier alpha value is -3.32. The van der Waals surface area contributed by atoms with Gasteiger partial charge in [-0.15, -0.1) is 0 Å². The topological polar surface area (TPSA) is 96.3 Å². The van der Waals surface area contributed by atoms with Gasteiger partial charge in [-0.3, -0.25) is 9.59 Å². The number of phenols is 1. The van der Waals surface area contributed by atoms with Gasteiger partial charge in [0.1, 0.15) is 17.3 Å². The number of likely N-dealkylation sites (tertiary alicyclic amines) is 1. The maximum Gasteiger partial charge on any atom is 0.295 e. The number of benzene rings is 2. The summed E-state index contributed by atoms with van der Waals surface area (Å²) in [6.45, 7) is 0.863. The number of nitrogens with zero attached hydrogens (tertiary/aromatic N) is 1. The van der Waals surface area contributed by atoms with Crippen LogP contribution in [0.1, 0.15) is 30.0 Å². The van der Waals surface area contributed by atoms with Crippen LogP contribution in [0, 0.1) is 0 Å². The Balaban J connectivity index is 1.81. The Morgan fingerprint density at radius 1 is 1.20 bits per heavy atom. The third-order valence-electron chi connectivity index (χ3n) is 5.51. The number of phenolic OH excluding ortho intramolecular Hbond substituents is 1. The highest BCUT2D eigenvalue weighted by molar-refractivity contribution is 6.46. The number of aliphatic hydroxyl groups excluding tert-OH is 1. The summed E-state index contributed by atoms with van der Waals surface area (Å²) in [6.07, 6.45) is 1.54. The van der Waals surface area contributed by atoms with Crippen LogP contribution in [-0.2, 0) is 14.3 Å². The molecule has 2 saturated heterocycles. The molecule has 4 rings (SSSR count). The van der Waals surface area contributed by atoms with Crippen LogP contribution in [0.3, 0.4) is 0 Å². The number of rotatable bonds is 5. The van der Waals surface area contributed by atoms with E-state index in [1.54, 1.807) is 36.4 Å². The fourth-order valence-electron chi connectivity index (χ4n) is 4.02. The zero-order valence-electron chi connectivity index (χ0n) is 16.6. The minimum absolute atomic E-state index is 0.00577. The number of hydrogen-bond donors (Lipinski definition) is 2. The monoisotopic (exact) mass is 409 g/mol. The number of carbonyl (C=O) groups is 2. The van der Waals surface area contributed by atoms with Crippen molar-refractivity contribution in [3.8, 4) is 11.5 Å². The van der Waals surface area contributed by atoms with Crippen molar-refractivity contribution in [3.63, 3.8) is 0 Å². The van der Waals surface area contributed by atoms with Gasteiger partial charge in [-0.05, 0) is 54.8 Å². The molecule has 2 heterocycles. The van der Waals surface area contributed by atoms with Gasteiger partial charge in [-0.25, -0.2) is 0 Å².